The van der Waals surface area contributed by atoms with Gasteiger partial charge in [0.1, 0.15) is 5.82 Å². The third-order valence-corrected chi connectivity index (χ3v) is 8.42. The quantitative estimate of drug-likeness (QED) is 0.222. The van der Waals surface area contributed by atoms with Gasteiger partial charge in [0.25, 0.3) is 5.91 Å². The minimum Gasteiger partial charge on any atom is -0.493 e. The number of aryl methyl sites for hydroxylation is 1. The molecule has 1 amide bonds. The van der Waals surface area contributed by atoms with Crippen molar-refractivity contribution in [3.05, 3.63) is 119 Å². The molecule has 1 N–H and O–H groups in total. The van der Waals surface area contributed by atoms with Crippen molar-refractivity contribution in [3.63, 3.8) is 0 Å². The number of carbonyl (C=O) groups excluding carboxylic acids is 2. The number of halogens is 1. The Morgan fingerprint density at radius 1 is 0.814 bits per heavy atom. The minimum absolute atomic E-state index is 0.0936. The van der Waals surface area contributed by atoms with Gasteiger partial charge in [0.15, 0.2) is 11.5 Å². The van der Waals surface area contributed by atoms with E-state index in [2.05, 4.69) is 5.32 Å². The lowest BCUT2D eigenvalue weighted by atomic mass is 10.1. The summed E-state index contributed by atoms with van der Waals surface area (Å²) in [4.78, 5) is 24.6. The lowest BCUT2D eigenvalue weighted by Gasteiger charge is -2.23. The number of esters is 1. The van der Waals surface area contributed by atoms with Crippen LogP contribution in [0.4, 0.5) is 10.1 Å². The zero-order chi connectivity index (χ0) is 31.1. The summed E-state index contributed by atoms with van der Waals surface area (Å²) in [7, 11) is -0.0570. The van der Waals surface area contributed by atoms with Crippen LogP contribution in [0.15, 0.2) is 89.8 Å². The van der Waals surface area contributed by atoms with E-state index in [1.807, 2.05) is 13.0 Å². The largest absolute Gasteiger partial charge is 0.493 e. The number of ether oxygens (including phenoxy) is 3. The molecule has 0 aliphatic carbocycles. The number of carbonyl (C=O) groups is 2. The van der Waals surface area contributed by atoms with Crippen LogP contribution in [-0.4, -0.2) is 45.9 Å². The number of nitrogens with one attached hydrogen (secondary N) is 1. The van der Waals surface area contributed by atoms with Crippen LogP contribution in [0, 0.1) is 12.7 Å². The molecule has 0 saturated heterocycles. The van der Waals surface area contributed by atoms with E-state index in [0.717, 1.165) is 23.8 Å². The van der Waals surface area contributed by atoms with Crippen LogP contribution in [0.2, 0.25) is 0 Å². The molecule has 0 aromatic heterocycles. The third-order valence-electron chi connectivity index (χ3n) is 6.64. The van der Waals surface area contributed by atoms with Crippen LogP contribution < -0.4 is 14.8 Å². The first-order valence-corrected chi connectivity index (χ1v) is 14.6. The van der Waals surface area contributed by atoms with Crippen molar-refractivity contribution in [1.29, 1.82) is 0 Å². The minimum atomic E-state index is -4.29. The van der Waals surface area contributed by atoms with E-state index in [1.165, 1.54) is 37.8 Å². The van der Waals surface area contributed by atoms with Crippen molar-refractivity contribution >= 4 is 27.6 Å². The van der Waals surface area contributed by atoms with E-state index in [-0.39, 0.29) is 18.0 Å². The van der Waals surface area contributed by atoms with E-state index in [0.29, 0.717) is 33.9 Å². The Kier molecular flexibility index (Phi) is 9.79. The Labute approximate surface area is 249 Å². The van der Waals surface area contributed by atoms with Crippen molar-refractivity contribution in [2.75, 3.05) is 26.6 Å². The van der Waals surface area contributed by atoms with E-state index >= 15 is 0 Å². The summed E-state index contributed by atoms with van der Waals surface area (Å²) in [6.07, 6.45) is 0. The Bertz CT molecular complexity index is 1740. The van der Waals surface area contributed by atoms with Crippen LogP contribution in [0.3, 0.4) is 0 Å². The molecule has 0 spiro atoms. The maximum absolute atomic E-state index is 14.8. The van der Waals surface area contributed by atoms with Crippen LogP contribution >= 0.6 is 0 Å². The Hall–Kier alpha value is -4.74. The molecule has 0 bridgehead atoms. The number of rotatable bonds is 11. The van der Waals surface area contributed by atoms with Gasteiger partial charge in [-0.05, 0) is 78.2 Å². The van der Waals surface area contributed by atoms with Gasteiger partial charge >= 0.3 is 5.97 Å². The molecule has 4 aromatic carbocycles. The summed E-state index contributed by atoms with van der Waals surface area (Å²) in [5, 5.41) is 2.62. The summed E-state index contributed by atoms with van der Waals surface area (Å²) >= 11 is 0. The molecular formula is C32H31FN2O7S. The molecule has 0 saturated carbocycles. The van der Waals surface area contributed by atoms with Crippen LogP contribution in [0.25, 0.3) is 0 Å². The highest BCUT2D eigenvalue weighted by atomic mass is 32.2. The average Bonchev–Trinajstić information content (AvgIpc) is 3.00. The summed E-state index contributed by atoms with van der Waals surface area (Å²) in [6.45, 7) is 1.66. The lowest BCUT2D eigenvalue weighted by molar-refractivity contribution is 0.0600. The van der Waals surface area contributed by atoms with Crippen LogP contribution in [-0.2, 0) is 27.8 Å². The zero-order valence-electron chi connectivity index (χ0n) is 24.1. The monoisotopic (exact) mass is 606 g/mol. The first-order valence-electron chi connectivity index (χ1n) is 13.1. The molecule has 0 heterocycles. The van der Waals surface area contributed by atoms with Crippen molar-refractivity contribution < 1.29 is 36.6 Å². The van der Waals surface area contributed by atoms with E-state index in [1.54, 1.807) is 48.5 Å². The number of hydrogen-bond donors (Lipinski definition) is 1. The molecule has 224 valence electrons. The van der Waals surface area contributed by atoms with Crippen molar-refractivity contribution in [1.82, 2.24) is 4.31 Å². The zero-order valence-corrected chi connectivity index (χ0v) is 24.9. The topological polar surface area (TPSA) is 111 Å². The first kappa shape index (κ1) is 31.2. The van der Waals surface area contributed by atoms with Gasteiger partial charge in [-0.25, -0.2) is 17.6 Å². The standard InChI is InChI=1S/C32H31FN2O7S/c1-21-6-5-7-25(16-21)34-31(36)27-18-26(13-14-28(27)33)43(38,39)35(19-22-8-11-24(12-9-22)32(37)42-4)20-23-10-15-29(40-2)30(17-23)41-3/h5-18H,19-20H2,1-4H3,(H,34,36). The van der Waals surface area contributed by atoms with Gasteiger partial charge < -0.3 is 19.5 Å². The predicted octanol–water partition coefficient (Wildman–Crippen LogP) is 5.58. The molecule has 0 fully saturated rings. The van der Waals surface area contributed by atoms with E-state index < -0.39 is 33.3 Å². The van der Waals surface area contributed by atoms with Gasteiger partial charge in [0, 0.05) is 18.8 Å². The number of amides is 1. The molecule has 0 radical (unpaired) electrons. The SMILES string of the molecule is COC(=O)c1ccc(CN(Cc2ccc(OC)c(OC)c2)S(=O)(=O)c2ccc(F)c(C(=O)Nc3cccc(C)c3)c2)cc1. The maximum Gasteiger partial charge on any atom is 0.337 e. The fourth-order valence-electron chi connectivity index (χ4n) is 4.39. The Balaban J connectivity index is 1.71. The molecule has 0 aliphatic rings. The van der Waals surface area contributed by atoms with E-state index in [9.17, 15) is 22.4 Å². The summed E-state index contributed by atoms with van der Waals surface area (Å²) < 4.78 is 59.6. The first-order chi connectivity index (χ1) is 20.5. The summed E-state index contributed by atoms with van der Waals surface area (Å²) in [6, 6.07) is 21.4. The van der Waals surface area contributed by atoms with Gasteiger partial charge in [-0.2, -0.15) is 4.31 Å². The second-order valence-corrected chi connectivity index (χ2v) is 11.6. The van der Waals surface area contributed by atoms with Gasteiger partial charge in [-0.15, -0.1) is 0 Å². The fraction of sp³-hybridized carbons (Fsp3) is 0.188. The van der Waals surface area contributed by atoms with Gasteiger partial charge in [0.2, 0.25) is 10.0 Å². The Morgan fingerprint density at radius 3 is 2.14 bits per heavy atom. The third kappa shape index (κ3) is 7.37. The van der Waals surface area contributed by atoms with E-state index in [4.69, 9.17) is 14.2 Å². The van der Waals surface area contributed by atoms with Gasteiger partial charge in [-0.3, -0.25) is 4.79 Å². The van der Waals surface area contributed by atoms with Gasteiger partial charge in [0.05, 0.1) is 37.4 Å². The number of sulfonamides is 1. The number of benzene rings is 4. The van der Waals surface area contributed by atoms with Crippen molar-refractivity contribution in [3.8, 4) is 11.5 Å². The normalized spacial score (nSPS) is 11.2. The van der Waals surface area contributed by atoms with Crippen LogP contribution in [0.5, 0.6) is 11.5 Å². The highest BCUT2D eigenvalue weighted by Gasteiger charge is 2.28. The summed E-state index contributed by atoms with van der Waals surface area (Å²) in [5.74, 6) is -1.29. The molecule has 0 atom stereocenters. The number of methoxy groups -OCH3 is 3. The molecular weight excluding hydrogens is 575 g/mol. The number of hydrogen-bond acceptors (Lipinski definition) is 7. The van der Waals surface area contributed by atoms with Gasteiger partial charge in [-0.1, -0.05) is 30.3 Å². The molecule has 9 nitrogen and oxygen atoms in total. The second-order valence-electron chi connectivity index (χ2n) is 9.62. The summed E-state index contributed by atoms with van der Waals surface area (Å²) in [5.41, 5.74) is 2.39. The Morgan fingerprint density at radius 2 is 1.49 bits per heavy atom. The van der Waals surface area contributed by atoms with Crippen molar-refractivity contribution in [2.24, 2.45) is 0 Å². The fourth-order valence-corrected chi connectivity index (χ4v) is 5.83. The average molecular weight is 607 g/mol. The predicted molar refractivity (Wildman–Crippen MR) is 159 cm³/mol. The molecule has 43 heavy (non-hydrogen) atoms. The smallest absolute Gasteiger partial charge is 0.337 e. The highest BCUT2D eigenvalue weighted by Crippen LogP contribution is 2.30. The number of nitrogens with zero attached hydrogens (tertiary/aromatic N) is 1. The maximum atomic E-state index is 14.8. The molecule has 4 aromatic rings. The van der Waals surface area contributed by atoms with Crippen molar-refractivity contribution in [2.45, 2.75) is 24.9 Å². The molecule has 0 aliphatic heterocycles. The van der Waals surface area contributed by atoms with Crippen LogP contribution in [0.1, 0.15) is 37.4 Å². The molecule has 11 heteroatoms. The molecule has 4 rings (SSSR count). The molecule has 0 unspecified atom stereocenters. The lowest BCUT2D eigenvalue weighted by Crippen LogP contribution is -2.30. The second kappa shape index (κ2) is 13.5. The number of anilines is 1. The highest BCUT2D eigenvalue weighted by molar-refractivity contribution is 7.89.